The van der Waals surface area contributed by atoms with E-state index >= 15 is 0 Å². The molecule has 0 aliphatic rings. The minimum Gasteiger partial charge on any atom is -0.457 e. The molecule has 0 bridgehead atoms. The first-order valence-corrected chi connectivity index (χ1v) is 6.20. The summed E-state index contributed by atoms with van der Waals surface area (Å²) in [4.78, 5) is 4.05. The van der Waals surface area contributed by atoms with E-state index in [4.69, 9.17) is 4.74 Å². The lowest BCUT2D eigenvalue weighted by atomic mass is 10.2. The molecule has 0 atom stereocenters. The number of benzene rings is 1. The molecule has 2 rings (SSSR count). The van der Waals surface area contributed by atoms with Gasteiger partial charge in [0, 0.05) is 24.5 Å². The summed E-state index contributed by atoms with van der Waals surface area (Å²) in [6.07, 6.45) is 3.40. The molecule has 0 aliphatic heterocycles. The van der Waals surface area contributed by atoms with E-state index in [0.29, 0.717) is 22.5 Å². The van der Waals surface area contributed by atoms with E-state index in [2.05, 4.69) is 26.2 Å². The predicted molar refractivity (Wildman–Crippen MR) is 71.2 cm³/mol. The third-order valence-electron chi connectivity index (χ3n) is 2.34. The summed E-state index contributed by atoms with van der Waals surface area (Å²) in [5, 5.41) is 3.04. The van der Waals surface area contributed by atoms with Crippen molar-refractivity contribution >= 4 is 15.9 Å². The Bertz CT molecular complexity index is 548. The van der Waals surface area contributed by atoms with E-state index in [9.17, 15) is 4.39 Å². The second kappa shape index (κ2) is 5.93. The zero-order chi connectivity index (χ0) is 13.0. The van der Waals surface area contributed by atoms with Crippen LogP contribution in [0.5, 0.6) is 11.5 Å². The number of halogens is 2. The van der Waals surface area contributed by atoms with Gasteiger partial charge >= 0.3 is 0 Å². The maximum absolute atomic E-state index is 13.1. The minimum absolute atomic E-state index is 0.312. The Labute approximate surface area is 113 Å². The zero-order valence-corrected chi connectivity index (χ0v) is 11.4. The molecule has 0 unspecified atom stereocenters. The van der Waals surface area contributed by atoms with Crippen molar-refractivity contribution in [1.82, 2.24) is 10.3 Å². The molecule has 2 aromatic rings. The lowest BCUT2D eigenvalue weighted by Crippen LogP contribution is -2.06. The number of aromatic nitrogens is 1. The molecule has 1 heterocycles. The second-order valence-corrected chi connectivity index (χ2v) is 4.55. The molecule has 0 saturated carbocycles. The highest BCUT2D eigenvalue weighted by molar-refractivity contribution is 9.10. The number of ether oxygens (including phenoxy) is 1. The number of nitrogens with zero attached hydrogens (tertiary/aromatic N) is 1. The third kappa shape index (κ3) is 3.05. The monoisotopic (exact) mass is 310 g/mol. The first-order chi connectivity index (χ1) is 8.70. The summed E-state index contributed by atoms with van der Waals surface area (Å²) in [6.45, 7) is 0.658. The van der Waals surface area contributed by atoms with Crippen LogP contribution in [-0.2, 0) is 6.54 Å². The summed E-state index contributed by atoms with van der Waals surface area (Å²) in [5.74, 6) is 0.970. The number of rotatable bonds is 4. The molecule has 3 nitrogen and oxygen atoms in total. The maximum atomic E-state index is 13.1. The molecule has 94 valence electrons. The number of hydrogen-bond acceptors (Lipinski definition) is 3. The topological polar surface area (TPSA) is 34.2 Å². The van der Waals surface area contributed by atoms with E-state index in [1.807, 2.05) is 7.05 Å². The van der Waals surface area contributed by atoms with E-state index < -0.39 is 0 Å². The number of hydrogen-bond donors (Lipinski definition) is 1. The van der Waals surface area contributed by atoms with Gasteiger partial charge in [0.2, 0.25) is 0 Å². The normalized spacial score (nSPS) is 10.4. The van der Waals surface area contributed by atoms with Crippen molar-refractivity contribution < 1.29 is 9.13 Å². The van der Waals surface area contributed by atoms with Crippen LogP contribution in [0.4, 0.5) is 4.39 Å². The van der Waals surface area contributed by atoms with Crippen molar-refractivity contribution in [1.29, 1.82) is 0 Å². The fourth-order valence-electron chi connectivity index (χ4n) is 1.50. The summed E-state index contributed by atoms with van der Waals surface area (Å²) < 4.78 is 19.2. The van der Waals surface area contributed by atoms with Crippen molar-refractivity contribution in [3.63, 3.8) is 0 Å². The van der Waals surface area contributed by atoms with Gasteiger partial charge in [-0.1, -0.05) is 0 Å². The Morgan fingerprint density at radius 1 is 1.39 bits per heavy atom. The molecule has 1 N–H and O–H groups in total. The van der Waals surface area contributed by atoms with Crippen LogP contribution in [0.25, 0.3) is 0 Å². The zero-order valence-electron chi connectivity index (χ0n) is 9.78. The van der Waals surface area contributed by atoms with Gasteiger partial charge in [-0.15, -0.1) is 0 Å². The van der Waals surface area contributed by atoms with Crippen LogP contribution in [0.15, 0.2) is 41.1 Å². The first-order valence-electron chi connectivity index (χ1n) is 5.41. The SMILES string of the molecule is CNCc1cnccc1Oc1ccc(F)c(Br)c1. The molecule has 1 aromatic carbocycles. The molecule has 0 spiro atoms. The molecule has 0 fully saturated rings. The van der Waals surface area contributed by atoms with Crippen LogP contribution < -0.4 is 10.1 Å². The minimum atomic E-state index is -0.312. The molecular weight excluding hydrogens is 299 g/mol. The number of nitrogens with one attached hydrogen (secondary N) is 1. The van der Waals surface area contributed by atoms with E-state index in [1.165, 1.54) is 6.07 Å². The van der Waals surface area contributed by atoms with Gasteiger partial charge in [0.25, 0.3) is 0 Å². The Morgan fingerprint density at radius 2 is 2.22 bits per heavy atom. The predicted octanol–water partition coefficient (Wildman–Crippen LogP) is 3.49. The lowest BCUT2D eigenvalue weighted by molar-refractivity contribution is 0.471. The average Bonchev–Trinajstić information content (AvgIpc) is 2.37. The van der Waals surface area contributed by atoms with Crippen molar-refractivity contribution in [2.75, 3.05) is 7.05 Å². The van der Waals surface area contributed by atoms with Crippen molar-refractivity contribution in [2.24, 2.45) is 0 Å². The lowest BCUT2D eigenvalue weighted by Gasteiger charge is -2.10. The van der Waals surface area contributed by atoms with Crippen LogP contribution in [0.3, 0.4) is 0 Å². The quantitative estimate of drug-likeness (QED) is 0.938. The van der Waals surface area contributed by atoms with Gasteiger partial charge in [0.05, 0.1) is 4.47 Å². The Balaban J connectivity index is 2.25. The largest absolute Gasteiger partial charge is 0.457 e. The smallest absolute Gasteiger partial charge is 0.137 e. The fraction of sp³-hybridized carbons (Fsp3) is 0.154. The molecule has 0 radical (unpaired) electrons. The van der Waals surface area contributed by atoms with E-state index in [1.54, 1.807) is 30.6 Å². The van der Waals surface area contributed by atoms with Crippen molar-refractivity contribution in [3.8, 4) is 11.5 Å². The fourth-order valence-corrected chi connectivity index (χ4v) is 1.86. The van der Waals surface area contributed by atoms with Crippen LogP contribution >= 0.6 is 15.9 Å². The maximum Gasteiger partial charge on any atom is 0.137 e. The average molecular weight is 311 g/mol. The molecule has 5 heteroatoms. The molecule has 0 aliphatic carbocycles. The summed E-state index contributed by atoms with van der Waals surface area (Å²) in [5.41, 5.74) is 0.945. The highest BCUT2D eigenvalue weighted by Gasteiger charge is 2.06. The van der Waals surface area contributed by atoms with Gasteiger partial charge < -0.3 is 10.1 Å². The van der Waals surface area contributed by atoms with Crippen LogP contribution in [-0.4, -0.2) is 12.0 Å². The Hall–Kier alpha value is -1.46. The van der Waals surface area contributed by atoms with E-state index in [0.717, 1.165) is 5.56 Å². The van der Waals surface area contributed by atoms with Crippen LogP contribution in [0.1, 0.15) is 5.56 Å². The Kier molecular flexibility index (Phi) is 4.28. The third-order valence-corrected chi connectivity index (χ3v) is 2.95. The molecule has 0 saturated heterocycles. The second-order valence-electron chi connectivity index (χ2n) is 3.69. The number of pyridine rings is 1. The van der Waals surface area contributed by atoms with E-state index in [-0.39, 0.29) is 5.82 Å². The summed E-state index contributed by atoms with van der Waals surface area (Å²) in [7, 11) is 1.85. The van der Waals surface area contributed by atoms with Gasteiger partial charge in [0.1, 0.15) is 17.3 Å². The Morgan fingerprint density at radius 3 is 2.94 bits per heavy atom. The van der Waals surface area contributed by atoms with Gasteiger partial charge in [0.15, 0.2) is 0 Å². The standard InChI is InChI=1S/C13H12BrFN2O/c1-16-7-9-8-17-5-4-13(9)18-10-2-3-12(15)11(14)6-10/h2-6,8,16H,7H2,1H3. The highest BCUT2D eigenvalue weighted by atomic mass is 79.9. The van der Waals surface area contributed by atoms with Crippen LogP contribution in [0.2, 0.25) is 0 Å². The molecule has 18 heavy (non-hydrogen) atoms. The highest BCUT2D eigenvalue weighted by Crippen LogP contribution is 2.28. The van der Waals surface area contributed by atoms with Crippen molar-refractivity contribution in [3.05, 3.63) is 52.5 Å². The molecular formula is C13H12BrFN2O. The molecule has 0 amide bonds. The van der Waals surface area contributed by atoms with Gasteiger partial charge in [-0.2, -0.15) is 0 Å². The van der Waals surface area contributed by atoms with Crippen LogP contribution in [0, 0.1) is 5.82 Å². The van der Waals surface area contributed by atoms with Gasteiger partial charge in [-0.3, -0.25) is 4.98 Å². The first kappa shape index (κ1) is 13.0. The molecule has 1 aromatic heterocycles. The van der Waals surface area contributed by atoms with Gasteiger partial charge in [-0.25, -0.2) is 4.39 Å². The van der Waals surface area contributed by atoms with Gasteiger partial charge in [-0.05, 0) is 47.2 Å². The summed E-state index contributed by atoms with van der Waals surface area (Å²) in [6, 6.07) is 6.32. The van der Waals surface area contributed by atoms with Crippen molar-refractivity contribution in [2.45, 2.75) is 6.54 Å². The summed E-state index contributed by atoms with van der Waals surface area (Å²) >= 11 is 3.13.